The van der Waals surface area contributed by atoms with Crippen molar-refractivity contribution >= 4 is 20.0 Å². The van der Waals surface area contributed by atoms with E-state index in [0.29, 0.717) is 11.1 Å². The first-order chi connectivity index (χ1) is 11.2. The van der Waals surface area contributed by atoms with Crippen LogP contribution in [-0.4, -0.2) is 29.3 Å². The normalized spacial score (nSPS) is 14.9. The second-order valence-corrected chi connectivity index (χ2v) is 9.12. The standard InChI is InChI=1S/C16H20N2O4S2/c1-23(19,20)17-15(13-9-5-3-6-10-13)16(18-24(2,21)22)14-11-7-4-8-12-14/h3-12,15-18H,1-2H3. The molecule has 130 valence electrons. The topological polar surface area (TPSA) is 92.3 Å². The van der Waals surface area contributed by atoms with Crippen LogP contribution < -0.4 is 9.44 Å². The zero-order chi connectivity index (χ0) is 17.8. The molecule has 2 rings (SSSR count). The van der Waals surface area contributed by atoms with Crippen LogP contribution in [0.1, 0.15) is 23.2 Å². The van der Waals surface area contributed by atoms with E-state index < -0.39 is 32.1 Å². The van der Waals surface area contributed by atoms with E-state index in [2.05, 4.69) is 9.44 Å². The first kappa shape index (κ1) is 18.6. The SMILES string of the molecule is CS(=O)(=O)NC(c1ccccc1)C(NS(C)(=O)=O)c1ccccc1. The molecule has 0 heterocycles. The van der Waals surface area contributed by atoms with Crippen LogP contribution in [-0.2, 0) is 20.0 Å². The quantitative estimate of drug-likeness (QED) is 0.776. The number of hydrogen-bond acceptors (Lipinski definition) is 4. The molecule has 0 aliphatic heterocycles. The summed E-state index contributed by atoms with van der Waals surface area (Å²) in [4.78, 5) is 0. The van der Waals surface area contributed by atoms with Gasteiger partial charge in [-0.3, -0.25) is 0 Å². The van der Waals surface area contributed by atoms with Gasteiger partial charge in [-0.2, -0.15) is 0 Å². The average Bonchev–Trinajstić information content (AvgIpc) is 2.50. The predicted molar refractivity (Wildman–Crippen MR) is 94.3 cm³/mol. The Morgan fingerprint density at radius 3 is 1.17 bits per heavy atom. The summed E-state index contributed by atoms with van der Waals surface area (Å²) in [6.07, 6.45) is 2.09. The van der Waals surface area contributed by atoms with Crippen molar-refractivity contribution in [2.45, 2.75) is 12.1 Å². The first-order valence-electron chi connectivity index (χ1n) is 7.20. The van der Waals surface area contributed by atoms with Crippen LogP contribution in [0.4, 0.5) is 0 Å². The molecule has 2 aromatic carbocycles. The van der Waals surface area contributed by atoms with Gasteiger partial charge in [0.15, 0.2) is 0 Å². The smallest absolute Gasteiger partial charge is 0.209 e. The Balaban J connectivity index is 2.55. The van der Waals surface area contributed by atoms with Crippen molar-refractivity contribution in [2.75, 3.05) is 12.5 Å². The molecule has 0 saturated carbocycles. The third-order valence-electron chi connectivity index (χ3n) is 3.33. The zero-order valence-corrected chi connectivity index (χ0v) is 15.0. The summed E-state index contributed by atoms with van der Waals surface area (Å²) in [6.45, 7) is 0. The third kappa shape index (κ3) is 5.72. The molecule has 2 atom stereocenters. The van der Waals surface area contributed by atoms with E-state index in [4.69, 9.17) is 0 Å². The number of nitrogens with one attached hydrogen (secondary N) is 2. The Bertz CT molecular complexity index is 791. The van der Waals surface area contributed by atoms with Crippen LogP contribution in [0.5, 0.6) is 0 Å². The summed E-state index contributed by atoms with van der Waals surface area (Å²) in [5.74, 6) is 0. The van der Waals surface area contributed by atoms with E-state index in [1.807, 2.05) is 12.1 Å². The molecule has 8 heteroatoms. The number of hydrogen-bond donors (Lipinski definition) is 2. The molecule has 24 heavy (non-hydrogen) atoms. The lowest BCUT2D eigenvalue weighted by Crippen LogP contribution is -2.40. The fourth-order valence-electron chi connectivity index (χ4n) is 2.44. The molecule has 0 aromatic heterocycles. The van der Waals surface area contributed by atoms with E-state index in [-0.39, 0.29) is 0 Å². The van der Waals surface area contributed by atoms with Gasteiger partial charge >= 0.3 is 0 Å². The number of rotatable bonds is 7. The lowest BCUT2D eigenvalue weighted by Gasteiger charge is -2.28. The summed E-state index contributed by atoms with van der Waals surface area (Å²) < 4.78 is 52.4. The summed E-state index contributed by atoms with van der Waals surface area (Å²) in [5.41, 5.74) is 1.32. The van der Waals surface area contributed by atoms with E-state index in [9.17, 15) is 16.8 Å². The van der Waals surface area contributed by atoms with Gasteiger partial charge in [0.25, 0.3) is 0 Å². The Labute approximate surface area is 143 Å². The van der Waals surface area contributed by atoms with Crippen molar-refractivity contribution in [2.24, 2.45) is 0 Å². The lowest BCUT2D eigenvalue weighted by atomic mass is 9.95. The van der Waals surface area contributed by atoms with Crippen molar-refractivity contribution in [3.63, 3.8) is 0 Å². The third-order valence-corrected chi connectivity index (χ3v) is 4.70. The molecule has 6 nitrogen and oxygen atoms in total. The maximum atomic E-state index is 11.8. The predicted octanol–water partition coefficient (Wildman–Crippen LogP) is 1.57. The fraction of sp³-hybridized carbons (Fsp3) is 0.250. The van der Waals surface area contributed by atoms with Gasteiger partial charge in [0.05, 0.1) is 24.6 Å². The van der Waals surface area contributed by atoms with Crippen molar-refractivity contribution in [1.29, 1.82) is 0 Å². The van der Waals surface area contributed by atoms with Crippen LogP contribution >= 0.6 is 0 Å². The highest BCUT2D eigenvalue weighted by atomic mass is 32.2. The molecule has 2 N–H and O–H groups in total. The van der Waals surface area contributed by atoms with Crippen LogP contribution in [0.3, 0.4) is 0 Å². The van der Waals surface area contributed by atoms with Gasteiger partial charge in [-0.25, -0.2) is 26.3 Å². The molecule has 2 aromatic rings. The van der Waals surface area contributed by atoms with E-state index in [0.717, 1.165) is 12.5 Å². The van der Waals surface area contributed by atoms with Crippen LogP contribution in [0.15, 0.2) is 60.7 Å². The number of benzene rings is 2. The minimum absolute atomic E-state index is 0.660. The molecule has 0 saturated heterocycles. The van der Waals surface area contributed by atoms with Gasteiger partial charge in [0.1, 0.15) is 0 Å². The molecular weight excluding hydrogens is 348 g/mol. The minimum atomic E-state index is -3.56. The van der Waals surface area contributed by atoms with E-state index in [1.54, 1.807) is 48.5 Å². The van der Waals surface area contributed by atoms with Gasteiger partial charge in [-0.15, -0.1) is 0 Å². The molecule has 2 unspecified atom stereocenters. The molecule has 0 fully saturated rings. The highest BCUT2D eigenvalue weighted by molar-refractivity contribution is 7.89. The molecule has 0 amide bonds. The highest BCUT2D eigenvalue weighted by Gasteiger charge is 2.29. The van der Waals surface area contributed by atoms with Crippen molar-refractivity contribution in [3.05, 3.63) is 71.8 Å². The van der Waals surface area contributed by atoms with Crippen LogP contribution in [0.2, 0.25) is 0 Å². The summed E-state index contributed by atoms with van der Waals surface area (Å²) >= 11 is 0. The molecule has 0 aliphatic rings. The van der Waals surface area contributed by atoms with Crippen molar-refractivity contribution in [1.82, 2.24) is 9.44 Å². The maximum absolute atomic E-state index is 11.8. The van der Waals surface area contributed by atoms with E-state index in [1.165, 1.54) is 0 Å². The molecule has 0 bridgehead atoms. The Morgan fingerprint density at radius 2 is 0.917 bits per heavy atom. The van der Waals surface area contributed by atoms with Crippen molar-refractivity contribution < 1.29 is 16.8 Å². The lowest BCUT2D eigenvalue weighted by molar-refractivity contribution is 0.470. The number of sulfonamides is 2. The minimum Gasteiger partial charge on any atom is -0.213 e. The highest BCUT2D eigenvalue weighted by Crippen LogP contribution is 2.30. The summed E-state index contributed by atoms with van der Waals surface area (Å²) in [7, 11) is -7.13. The van der Waals surface area contributed by atoms with Crippen LogP contribution in [0, 0.1) is 0 Å². The summed E-state index contributed by atoms with van der Waals surface area (Å²) in [5, 5.41) is 0. The molecular formula is C16H20N2O4S2. The Hall–Kier alpha value is -1.74. The molecule has 0 spiro atoms. The van der Waals surface area contributed by atoms with Gasteiger partial charge in [-0.1, -0.05) is 60.7 Å². The molecule has 0 radical (unpaired) electrons. The van der Waals surface area contributed by atoms with Crippen LogP contribution in [0.25, 0.3) is 0 Å². The second kappa shape index (κ2) is 7.43. The van der Waals surface area contributed by atoms with Gasteiger partial charge in [0, 0.05) is 0 Å². The van der Waals surface area contributed by atoms with Gasteiger partial charge in [0.2, 0.25) is 20.0 Å². The first-order valence-corrected chi connectivity index (χ1v) is 11.0. The largest absolute Gasteiger partial charge is 0.213 e. The Morgan fingerprint density at radius 1 is 0.625 bits per heavy atom. The van der Waals surface area contributed by atoms with Gasteiger partial charge < -0.3 is 0 Å². The second-order valence-electron chi connectivity index (χ2n) is 5.56. The fourth-order valence-corrected chi connectivity index (χ4v) is 3.91. The molecule has 0 aliphatic carbocycles. The zero-order valence-electron chi connectivity index (χ0n) is 13.4. The monoisotopic (exact) mass is 368 g/mol. The maximum Gasteiger partial charge on any atom is 0.209 e. The Kier molecular flexibility index (Phi) is 5.76. The van der Waals surface area contributed by atoms with Crippen molar-refractivity contribution in [3.8, 4) is 0 Å². The van der Waals surface area contributed by atoms with Gasteiger partial charge in [-0.05, 0) is 11.1 Å². The average molecular weight is 368 g/mol. The summed E-state index contributed by atoms with van der Waals surface area (Å²) in [6, 6.07) is 16.2. The van der Waals surface area contributed by atoms with E-state index >= 15 is 0 Å².